The third-order valence-electron chi connectivity index (χ3n) is 3.86. The zero-order valence-corrected chi connectivity index (χ0v) is 12.4. The number of carbonyl (C=O) groups excluding carboxylic acids is 1. The second kappa shape index (κ2) is 6.86. The molecular formula is C16H25N3O. The van der Waals surface area contributed by atoms with E-state index >= 15 is 0 Å². The quantitative estimate of drug-likeness (QED) is 0.885. The Labute approximate surface area is 121 Å². The summed E-state index contributed by atoms with van der Waals surface area (Å²) in [5, 5.41) is 2.95. The highest BCUT2D eigenvalue weighted by molar-refractivity contribution is 5.92. The van der Waals surface area contributed by atoms with Crippen molar-refractivity contribution < 1.29 is 4.79 Å². The summed E-state index contributed by atoms with van der Waals surface area (Å²) < 4.78 is 0. The highest BCUT2D eigenvalue weighted by atomic mass is 16.2. The first-order valence-corrected chi connectivity index (χ1v) is 7.42. The molecule has 1 saturated heterocycles. The molecule has 1 aliphatic rings. The van der Waals surface area contributed by atoms with Crippen LogP contribution in [0.4, 0.5) is 5.69 Å². The zero-order valence-electron chi connectivity index (χ0n) is 12.4. The molecule has 0 bridgehead atoms. The van der Waals surface area contributed by atoms with Crippen LogP contribution < -0.4 is 11.1 Å². The van der Waals surface area contributed by atoms with Crippen molar-refractivity contribution in [1.29, 1.82) is 0 Å². The number of piperidine rings is 1. The Bertz CT molecular complexity index is 434. The Morgan fingerprint density at radius 3 is 2.45 bits per heavy atom. The van der Waals surface area contributed by atoms with E-state index < -0.39 is 0 Å². The number of anilines is 1. The van der Waals surface area contributed by atoms with Crippen LogP contribution >= 0.6 is 0 Å². The molecule has 0 aliphatic carbocycles. The molecule has 0 saturated carbocycles. The topological polar surface area (TPSA) is 58.4 Å². The zero-order chi connectivity index (χ0) is 14.5. The lowest BCUT2D eigenvalue weighted by molar-refractivity contribution is -0.117. The van der Waals surface area contributed by atoms with Gasteiger partial charge in [0.2, 0.25) is 5.91 Å². The van der Waals surface area contributed by atoms with Crippen LogP contribution in [0.5, 0.6) is 0 Å². The van der Waals surface area contributed by atoms with Gasteiger partial charge in [0.15, 0.2) is 0 Å². The maximum absolute atomic E-state index is 12.0. The minimum Gasteiger partial charge on any atom is -0.328 e. The molecule has 1 aromatic carbocycles. The summed E-state index contributed by atoms with van der Waals surface area (Å²) in [6.07, 6.45) is 1.97. The fourth-order valence-corrected chi connectivity index (χ4v) is 2.47. The number of hydrogen-bond donors (Lipinski definition) is 2. The smallest absolute Gasteiger partial charge is 0.238 e. The van der Waals surface area contributed by atoms with E-state index in [2.05, 4.69) is 36.2 Å². The van der Waals surface area contributed by atoms with Gasteiger partial charge in [0.05, 0.1) is 6.54 Å². The van der Waals surface area contributed by atoms with Gasteiger partial charge in [-0.25, -0.2) is 0 Å². The predicted octanol–water partition coefficient (Wildman–Crippen LogP) is 2.17. The summed E-state index contributed by atoms with van der Waals surface area (Å²) in [6.45, 7) is 6.61. The lowest BCUT2D eigenvalue weighted by atomic mass is 10.0. The van der Waals surface area contributed by atoms with Gasteiger partial charge in [-0.3, -0.25) is 9.69 Å². The molecule has 1 fully saturated rings. The van der Waals surface area contributed by atoms with Crippen LogP contribution in [0, 0.1) is 0 Å². The average molecular weight is 275 g/mol. The van der Waals surface area contributed by atoms with Gasteiger partial charge in [-0.2, -0.15) is 0 Å². The van der Waals surface area contributed by atoms with Gasteiger partial charge in [-0.15, -0.1) is 0 Å². The minimum absolute atomic E-state index is 0.0535. The van der Waals surface area contributed by atoms with E-state index in [1.54, 1.807) is 0 Å². The van der Waals surface area contributed by atoms with Crippen molar-refractivity contribution in [3.8, 4) is 0 Å². The standard InChI is InChI=1S/C16H25N3O/c1-12(2)13-3-5-15(6-4-13)18-16(20)11-19-9-7-14(17)8-10-19/h3-6,12,14H,7-11,17H2,1-2H3,(H,18,20). The number of nitrogens with two attached hydrogens (primary N) is 1. The molecule has 0 radical (unpaired) electrons. The van der Waals surface area contributed by atoms with Crippen molar-refractivity contribution in [1.82, 2.24) is 4.90 Å². The first kappa shape index (κ1) is 15.0. The van der Waals surface area contributed by atoms with Crippen molar-refractivity contribution in [3.05, 3.63) is 29.8 Å². The van der Waals surface area contributed by atoms with Crippen LogP contribution in [-0.2, 0) is 4.79 Å². The molecule has 1 aliphatic heterocycles. The average Bonchev–Trinajstić information content (AvgIpc) is 2.42. The fraction of sp³-hybridized carbons (Fsp3) is 0.562. The van der Waals surface area contributed by atoms with Crippen molar-refractivity contribution in [2.45, 2.75) is 38.6 Å². The highest BCUT2D eigenvalue weighted by Gasteiger charge is 2.18. The molecule has 20 heavy (non-hydrogen) atoms. The molecule has 2 rings (SSSR count). The van der Waals surface area contributed by atoms with Gasteiger partial charge in [-0.1, -0.05) is 26.0 Å². The van der Waals surface area contributed by atoms with Crippen LogP contribution in [0.2, 0.25) is 0 Å². The van der Waals surface area contributed by atoms with E-state index in [4.69, 9.17) is 5.73 Å². The van der Waals surface area contributed by atoms with Gasteiger partial charge in [-0.05, 0) is 36.5 Å². The van der Waals surface area contributed by atoms with E-state index in [0.717, 1.165) is 31.6 Å². The first-order valence-electron chi connectivity index (χ1n) is 7.42. The number of amides is 1. The number of likely N-dealkylation sites (tertiary alicyclic amines) is 1. The van der Waals surface area contributed by atoms with Crippen LogP contribution in [0.25, 0.3) is 0 Å². The third-order valence-corrected chi connectivity index (χ3v) is 3.86. The molecule has 1 aromatic rings. The molecule has 1 amide bonds. The summed E-state index contributed by atoms with van der Waals surface area (Å²) in [4.78, 5) is 14.2. The van der Waals surface area contributed by atoms with Crippen molar-refractivity contribution in [2.24, 2.45) is 5.73 Å². The molecule has 0 unspecified atom stereocenters. The lowest BCUT2D eigenvalue weighted by Gasteiger charge is -2.29. The number of nitrogens with zero attached hydrogens (tertiary/aromatic N) is 1. The number of carbonyl (C=O) groups is 1. The van der Waals surface area contributed by atoms with Crippen LogP contribution in [0.1, 0.15) is 38.2 Å². The maximum Gasteiger partial charge on any atom is 0.238 e. The summed E-state index contributed by atoms with van der Waals surface area (Å²) in [6, 6.07) is 8.39. The van der Waals surface area contributed by atoms with Crippen LogP contribution in [0.3, 0.4) is 0 Å². The van der Waals surface area contributed by atoms with Crippen LogP contribution in [0.15, 0.2) is 24.3 Å². The molecule has 0 atom stereocenters. The van der Waals surface area contributed by atoms with Crippen molar-refractivity contribution in [2.75, 3.05) is 25.0 Å². The van der Waals surface area contributed by atoms with Crippen molar-refractivity contribution in [3.63, 3.8) is 0 Å². The maximum atomic E-state index is 12.0. The number of hydrogen-bond acceptors (Lipinski definition) is 3. The normalized spacial score (nSPS) is 17.4. The van der Waals surface area contributed by atoms with Gasteiger partial charge < -0.3 is 11.1 Å². The lowest BCUT2D eigenvalue weighted by Crippen LogP contribution is -2.43. The first-order chi connectivity index (χ1) is 9.54. The summed E-state index contributed by atoms with van der Waals surface area (Å²) in [5.41, 5.74) is 8.02. The van der Waals surface area contributed by atoms with E-state index in [1.807, 2.05) is 12.1 Å². The number of benzene rings is 1. The molecule has 4 nitrogen and oxygen atoms in total. The van der Waals surface area contributed by atoms with Crippen LogP contribution in [-0.4, -0.2) is 36.5 Å². The van der Waals surface area contributed by atoms with Gasteiger partial charge in [0.1, 0.15) is 0 Å². The molecule has 110 valence electrons. The van der Waals surface area contributed by atoms with E-state index in [9.17, 15) is 4.79 Å². The van der Waals surface area contributed by atoms with Crippen molar-refractivity contribution >= 4 is 11.6 Å². The van der Waals surface area contributed by atoms with Gasteiger partial charge >= 0.3 is 0 Å². The number of nitrogens with one attached hydrogen (secondary N) is 1. The minimum atomic E-state index is 0.0535. The second-order valence-corrected chi connectivity index (χ2v) is 5.94. The molecule has 3 N–H and O–H groups in total. The fourth-order valence-electron chi connectivity index (χ4n) is 2.47. The molecule has 1 heterocycles. The Kier molecular flexibility index (Phi) is 5.15. The Hall–Kier alpha value is -1.39. The molecule has 0 aromatic heterocycles. The van der Waals surface area contributed by atoms with Gasteiger partial charge in [0, 0.05) is 24.8 Å². The second-order valence-electron chi connectivity index (χ2n) is 5.94. The predicted molar refractivity (Wildman–Crippen MR) is 82.8 cm³/mol. The number of rotatable bonds is 4. The largest absolute Gasteiger partial charge is 0.328 e. The summed E-state index contributed by atoms with van der Waals surface area (Å²) in [7, 11) is 0. The summed E-state index contributed by atoms with van der Waals surface area (Å²) in [5.74, 6) is 0.565. The van der Waals surface area contributed by atoms with E-state index in [1.165, 1.54) is 5.56 Å². The van der Waals surface area contributed by atoms with E-state index in [0.29, 0.717) is 18.5 Å². The Morgan fingerprint density at radius 2 is 1.90 bits per heavy atom. The van der Waals surface area contributed by atoms with E-state index in [-0.39, 0.29) is 5.91 Å². The highest BCUT2D eigenvalue weighted by Crippen LogP contribution is 2.17. The Morgan fingerprint density at radius 1 is 1.30 bits per heavy atom. The monoisotopic (exact) mass is 275 g/mol. The SMILES string of the molecule is CC(C)c1ccc(NC(=O)CN2CCC(N)CC2)cc1. The van der Waals surface area contributed by atoms with Gasteiger partial charge in [0.25, 0.3) is 0 Å². The molecule has 4 heteroatoms. The molecular weight excluding hydrogens is 250 g/mol. The Balaban J connectivity index is 1.82. The third kappa shape index (κ3) is 4.32. The molecule has 0 spiro atoms. The summed E-state index contributed by atoms with van der Waals surface area (Å²) >= 11 is 0.